The molecule has 8 nitrogen and oxygen atoms in total. The van der Waals surface area contributed by atoms with Gasteiger partial charge in [-0.05, 0) is 23.4 Å². The van der Waals surface area contributed by atoms with Crippen molar-refractivity contribution in [1.29, 1.82) is 0 Å². The Labute approximate surface area is 174 Å². The molecule has 4 amide bonds. The first kappa shape index (κ1) is 19.3. The number of carbonyl (C=O) groups is 3. The van der Waals surface area contributed by atoms with Crippen LogP contribution in [-0.2, 0) is 15.1 Å². The zero-order chi connectivity index (χ0) is 20.4. The van der Waals surface area contributed by atoms with E-state index in [1.165, 1.54) is 29.4 Å². The molecule has 0 spiro atoms. The van der Waals surface area contributed by atoms with Crippen LogP contribution in [-0.4, -0.2) is 38.6 Å². The van der Waals surface area contributed by atoms with Crippen molar-refractivity contribution in [2.75, 3.05) is 5.75 Å². The van der Waals surface area contributed by atoms with E-state index < -0.39 is 23.4 Å². The molecule has 10 heteroatoms. The summed E-state index contributed by atoms with van der Waals surface area (Å²) < 4.78 is 0. The first-order valence-electron chi connectivity index (χ1n) is 8.88. The number of imide groups is 1. The summed E-state index contributed by atoms with van der Waals surface area (Å²) in [5.41, 5.74) is 1.91. The SMILES string of the molecule is CC[C@]1(c2ccccc2)NC(=O)N(NC(=O)CSc2ncnc3sccc23)C1=O. The fraction of sp³-hybridized carbons (Fsp3) is 0.211. The lowest BCUT2D eigenvalue weighted by Gasteiger charge is -2.25. The van der Waals surface area contributed by atoms with Crippen LogP contribution in [0.2, 0.25) is 0 Å². The average Bonchev–Trinajstić information content (AvgIpc) is 3.32. The molecule has 0 saturated carbocycles. The zero-order valence-electron chi connectivity index (χ0n) is 15.4. The second-order valence-corrected chi connectivity index (χ2v) is 8.20. The molecule has 3 aromatic rings. The minimum Gasteiger partial charge on any atom is -0.318 e. The number of aromatic nitrogens is 2. The van der Waals surface area contributed by atoms with E-state index in [0.717, 1.165) is 15.2 Å². The van der Waals surface area contributed by atoms with Gasteiger partial charge in [0.2, 0.25) is 5.91 Å². The molecule has 148 valence electrons. The summed E-state index contributed by atoms with van der Waals surface area (Å²) in [6.45, 7) is 1.81. The van der Waals surface area contributed by atoms with Crippen molar-refractivity contribution in [3.05, 3.63) is 53.7 Å². The number of nitrogens with one attached hydrogen (secondary N) is 2. The Kier molecular flexibility index (Phi) is 5.20. The molecular weight excluding hydrogens is 410 g/mol. The molecule has 1 aliphatic heterocycles. The molecule has 1 aromatic carbocycles. The number of hydrazine groups is 1. The lowest BCUT2D eigenvalue weighted by molar-refractivity contribution is -0.138. The summed E-state index contributed by atoms with van der Waals surface area (Å²) in [6.07, 6.45) is 1.81. The van der Waals surface area contributed by atoms with Gasteiger partial charge in [-0.1, -0.05) is 49.0 Å². The summed E-state index contributed by atoms with van der Waals surface area (Å²) in [5.74, 6) is -0.971. The summed E-state index contributed by atoms with van der Waals surface area (Å²) in [6, 6.07) is 10.2. The van der Waals surface area contributed by atoms with Gasteiger partial charge in [-0.25, -0.2) is 14.8 Å². The van der Waals surface area contributed by atoms with Gasteiger partial charge in [0.05, 0.1) is 5.75 Å². The van der Waals surface area contributed by atoms with Crippen LogP contribution in [0, 0.1) is 0 Å². The molecule has 1 fully saturated rings. The molecule has 4 rings (SSSR count). The van der Waals surface area contributed by atoms with E-state index in [1.807, 2.05) is 24.4 Å². The first-order valence-corrected chi connectivity index (χ1v) is 10.7. The molecule has 1 aliphatic rings. The van der Waals surface area contributed by atoms with Gasteiger partial charge in [0, 0.05) is 5.39 Å². The van der Waals surface area contributed by atoms with E-state index in [-0.39, 0.29) is 5.75 Å². The maximum absolute atomic E-state index is 13.0. The van der Waals surface area contributed by atoms with E-state index in [0.29, 0.717) is 17.0 Å². The van der Waals surface area contributed by atoms with Gasteiger partial charge in [0.15, 0.2) is 0 Å². The van der Waals surface area contributed by atoms with Crippen molar-refractivity contribution in [3.8, 4) is 0 Å². The molecule has 1 saturated heterocycles. The molecule has 2 aromatic heterocycles. The number of hydrogen-bond donors (Lipinski definition) is 2. The lowest BCUT2D eigenvalue weighted by Crippen LogP contribution is -2.49. The van der Waals surface area contributed by atoms with Gasteiger partial charge < -0.3 is 5.32 Å². The first-order chi connectivity index (χ1) is 14.0. The van der Waals surface area contributed by atoms with Crippen molar-refractivity contribution in [2.24, 2.45) is 0 Å². The normalized spacial score (nSPS) is 18.9. The predicted molar refractivity (Wildman–Crippen MR) is 110 cm³/mol. The maximum Gasteiger partial charge on any atom is 0.344 e. The number of rotatable bonds is 6. The van der Waals surface area contributed by atoms with Crippen molar-refractivity contribution < 1.29 is 14.4 Å². The van der Waals surface area contributed by atoms with Gasteiger partial charge >= 0.3 is 6.03 Å². The highest BCUT2D eigenvalue weighted by Crippen LogP contribution is 2.32. The lowest BCUT2D eigenvalue weighted by atomic mass is 9.87. The number of benzene rings is 1. The van der Waals surface area contributed by atoms with Crippen LogP contribution < -0.4 is 10.7 Å². The van der Waals surface area contributed by atoms with Crippen LogP contribution in [0.4, 0.5) is 4.79 Å². The summed E-state index contributed by atoms with van der Waals surface area (Å²) in [7, 11) is 0. The van der Waals surface area contributed by atoms with E-state index in [9.17, 15) is 14.4 Å². The van der Waals surface area contributed by atoms with E-state index in [4.69, 9.17) is 0 Å². The number of amides is 4. The Morgan fingerprint density at radius 2 is 2.03 bits per heavy atom. The van der Waals surface area contributed by atoms with Crippen LogP contribution in [0.5, 0.6) is 0 Å². The second-order valence-electron chi connectivity index (χ2n) is 6.34. The third-order valence-electron chi connectivity index (χ3n) is 4.69. The molecule has 0 aliphatic carbocycles. The quantitative estimate of drug-likeness (QED) is 0.356. The standard InChI is InChI=1S/C19H17N5O3S2/c1-2-19(12-6-4-3-5-7-12)17(26)24(18(27)22-19)23-14(25)10-29-16-13-8-9-28-15(13)20-11-21-16/h3-9,11H,2,10H2,1H3,(H,22,27)(H,23,25)/t19-/m1/s1. The largest absolute Gasteiger partial charge is 0.344 e. The van der Waals surface area contributed by atoms with Crippen LogP contribution >= 0.6 is 23.1 Å². The van der Waals surface area contributed by atoms with E-state index in [1.54, 1.807) is 24.3 Å². The molecule has 0 unspecified atom stereocenters. The van der Waals surface area contributed by atoms with Crippen LogP contribution in [0.3, 0.4) is 0 Å². The summed E-state index contributed by atoms with van der Waals surface area (Å²) in [5, 5.41) is 6.95. The highest BCUT2D eigenvalue weighted by molar-refractivity contribution is 8.00. The van der Waals surface area contributed by atoms with Gasteiger partial charge in [0.1, 0.15) is 21.7 Å². The smallest absolute Gasteiger partial charge is 0.318 e. The molecule has 29 heavy (non-hydrogen) atoms. The van der Waals surface area contributed by atoms with Crippen LogP contribution in [0.25, 0.3) is 10.2 Å². The molecule has 0 bridgehead atoms. The number of thiophene rings is 1. The minimum atomic E-state index is -1.19. The van der Waals surface area contributed by atoms with Gasteiger partial charge in [-0.15, -0.1) is 11.3 Å². The predicted octanol–water partition coefficient (Wildman–Crippen LogP) is 2.67. The maximum atomic E-state index is 13.0. The summed E-state index contributed by atoms with van der Waals surface area (Å²) in [4.78, 5) is 47.1. The number of thioether (sulfide) groups is 1. The molecule has 3 heterocycles. The molecule has 0 radical (unpaired) electrons. The number of fused-ring (bicyclic) bond motifs is 1. The number of nitrogens with zero attached hydrogens (tertiary/aromatic N) is 3. The number of hydrogen-bond acceptors (Lipinski definition) is 7. The number of urea groups is 1. The van der Waals surface area contributed by atoms with Gasteiger partial charge in [0.25, 0.3) is 5.91 Å². The van der Waals surface area contributed by atoms with Crippen LogP contribution in [0.15, 0.2) is 53.1 Å². The van der Waals surface area contributed by atoms with E-state index in [2.05, 4.69) is 20.7 Å². The third-order valence-corrected chi connectivity index (χ3v) is 6.52. The highest BCUT2D eigenvalue weighted by Gasteiger charge is 2.52. The van der Waals surface area contributed by atoms with Gasteiger partial charge in [-0.3, -0.25) is 15.0 Å². The van der Waals surface area contributed by atoms with Crippen molar-refractivity contribution in [3.63, 3.8) is 0 Å². The summed E-state index contributed by atoms with van der Waals surface area (Å²) >= 11 is 2.72. The Hall–Kier alpha value is -2.98. The van der Waals surface area contributed by atoms with Crippen molar-refractivity contribution in [2.45, 2.75) is 23.9 Å². The van der Waals surface area contributed by atoms with E-state index >= 15 is 0 Å². The minimum absolute atomic E-state index is 0.00345. The fourth-order valence-corrected chi connectivity index (χ4v) is 4.78. The third kappa shape index (κ3) is 3.45. The topological polar surface area (TPSA) is 104 Å². The molecular formula is C19H17N5O3S2. The van der Waals surface area contributed by atoms with Crippen molar-refractivity contribution >= 4 is 51.2 Å². The molecule has 1 atom stereocenters. The Morgan fingerprint density at radius 1 is 1.24 bits per heavy atom. The Morgan fingerprint density at radius 3 is 2.79 bits per heavy atom. The zero-order valence-corrected chi connectivity index (χ0v) is 17.0. The molecule has 2 N–H and O–H groups in total. The second kappa shape index (κ2) is 7.80. The number of carbonyl (C=O) groups excluding carboxylic acids is 3. The van der Waals surface area contributed by atoms with Gasteiger partial charge in [-0.2, -0.15) is 5.01 Å². The monoisotopic (exact) mass is 427 g/mol. The van der Waals surface area contributed by atoms with Crippen LogP contribution in [0.1, 0.15) is 18.9 Å². The Bertz CT molecular complexity index is 1090. The Balaban J connectivity index is 1.46. The fourth-order valence-electron chi connectivity index (χ4n) is 3.21. The highest BCUT2D eigenvalue weighted by atomic mass is 32.2. The van der Waals surface area contributed by atoms with Crippen molar-refractivity contribution in [1.82, 2.24) is 25.7 Å². The average molecular weight is 428 g/mol.